The third-order valence-corrected chi connectivity index (χ3v) is 2.97. The van der Waals surface area contributed by atoms with Crippen LogP contribution in [0.1, 0.15) is 5.56 Å². The fourth-order valence-corrected chi connectivity index (χ4v) is 2.04. The van der Waals surface area contributed by atoms with Crippen molar-refractivity contribution in [3.05, 3.63) is 23.8 Å². The van der Waals surface area contributed by atoms with Crippen LogP contribution < -0.4 is 15.0 Å². The highest BCUT2D eigenvalue weighted by atomic mass is 19.4. The molecule has 0 atom stereocenters. The monoisotopic (exact) mass is 260 g/mol. The van der Waals surface area contributed by atoms with E-state index in [1.54, 1.807) is 6.07 Å². The Morgan fingerprint density at radius 1 is 1.22 bits per heavy atom. The van der Waals surface area contributed by atoms with Crippen molar-refractivity contribution in [2.75, 3.05) is 38.2 Å². The standard InChI is InChI=1S/C12H15F3N2O/c1-18-11-3-2-9(8-10(11)12(13,14)15)17-6-4-16-5-7-17/h2-3,8,16H,4-7H2,1H3. The second-order valence-electron chi connectivity index (χ2n) is 4.12. The zero-order valence-corrected chi connectivity index (χ0v) is 10.0. The molecule has 2 rings (SSSR count). The lowest BCUT2D eigenvalue weighted by Crippen LogP contribution is -2.43. The summed E-state index contributed by atoms with van der Waals surface area (Å²) in [5.41, 5.74) is -0.134. The zero-order chi connectivity index (χ0) is 13.2. The van der Waals surface area contributed by atoms with E-state index in [2.05, 4.69) is 5.32 Å². The van der Waals surface area contributed by atoms with Gasteiger partial charge in [-0.15, -0.1) is 0 Å². The summed E-state index contributed by atoms with van der Waals surface area (Å²) in [6, 6.07) is 4.20. The third-order valence-electron chi connectivity index (χ3n) is 2.97. The normalized spacial score (nSPS) is 16.8. The van der Waals surface area contributed by atoms with Gasteiger partial charge in [0, 0.05) is 31.9 Å². The highest BCUT2D eigenvalue weighted by molar-refractivity contribution is 5.54. The van der Waals surface area contributed by atoms with E-state index in [0.29, 0.717) is 18.8 Å². The molecule has 6 heteroatoms. The van der Waals surface area contributed by atoms with Crippen molar-refractivity contribution in [2.24, 2.45) is 0 Å². The Morgan fingerprint density at radius 2 is 1.89 bits per heavy atom. The predicted octanol–water partition coefficient (Wildman–Crippen LogP) is 2.12. The minimum Gasteiger partial charge on any atom is -0.496 e. The molecule has 1 aliphatic rings. The Balaban J connectivity index is 2.33. The lowest BCUT2D eigenvalue weighted by atomic mass is 10.1. The topological polar surface area (TPSA) is 24.5 Å². The van der Waals surface area contributed by atoms with Crippen LogP contribution in [0, 0.1) is 0 Å². The molecule has 0 unspecified atom stereocenters. The first kappa shape index (κ1) is 13.0. The van der Waals surface area contributed by atoms with Crippen molar-refractivity contribution in [3.63, 3.8) is 0 Å². The van der Waals surface area contributed by atoms with Gasteiger partial charge in [0.2, 0.25) is 0 Å². The van der Waals surface area contributed by atoms with Crippen LogP contribution in [-0.4, -0.2) is 33.3 Å². The zero-order valence-electron chi connectivity index (χ0n) is 10.0. The van der Waals surface area contributed by atoms with E-state index >= 15 is 0 Å². The van der Waals surface area contributed by atoms with Crippen LogP contribution in [0.2, 0.25) is 0 Å². The highest BCUT2D eigenvalue weighted by Gasteiger charge is 2.35. The van der Waals surface area contributed by atoms with Gasteiger partial charge >= 0.3 is 6.18 Å². The third kappa shape index (κ3) is 2.69. The minimum absolute atomic E-state index is 0.138. The summed E-state index contributed by atoms with van der Waals surface area (Å²) in [5.74, 6) is -0.138. The number of hydrogen-bond acceptors (Lipinski definition) is 3. The molecular weight excluding hydrogens is 245 g/mol. The van der Waals surface area contributed by atoms with Gasteiger partial charge in [-0.2, -0.15) is 13.2 Å². The van der Waals surface area contributed by atoms with Gasteiger partial charge in [-0.05, 0) is 18.2 Å². The molecule has 0 aliphatic carbocycles. The van der Waals surface area contributed by atoms with Gasteiger partial charge in [-0.1, -0.05) is 0 Å². The molecule has 18 heavy (non-hydrogen) atoms. The van der Waals surface area contributed by atoms with Gasteiger partial charge in [0.15, 0.2) is 0 Å². The van der Waals surface area contributed by atoms with E-state index in [4.69, 9.17) is 4.74 Å². The second kappa shape index (κ2) is 5.06. The molecule has 0 aromatic heterocycles. The fraction of sp³-hybridized carbons (Fsp3) is 0.500. The van der Waals surface area contributed by atoms with Crippen molar-refractivity contribution in [3.8, 4) is 5.75 Å². The molecule has 0 amide bonds. The Kier molecular flexibility index (Phi) is 3.65. The number of nitrogens with zero attached hydrogens (tertiary/aromatic N) is 1. The van der Waals surface area contributed by atoms with Gasteiger partial charge in [0.05, 0.1) is 12.7 Å². The van der Waals surface area contributed by atoms with Crippen LogP contribution in [0.4, 0.5) is 18.9 Å². The van der Waals surface area contributed by atoms with Gasteiger partial charge in [-0.25, -0.2) is 0 Å². The average Bonchev–Trinajstić information content (AvgIpc) is 2.38. The van der Waals surface area contributed by atoms with Crippen LogP contribution in [0.5, 0.6) is 5.75 Å². The van der Waals surface area contributed by atoms with Gasteiger partial charge in [0.25, 0.3) is 0 Å². The van der Waals surface area contributed by atoms with Crippen LogP contribution in [0.15, 0.2) is 18.2 Å². The number of nitrogens with one attached hydrogen (secondary N) is 1. The number of hydrogen-bond donors (Lipinski definition) is 1. The first-order chi connectivity index (χ1) is 8.52. The average molecular weight is 260 g/mol. The summed E-state index contributed by atoms with van der Waals surface area (Å²) in [7, 11) is 1.25. The molecule has 1 aliphatic heterocycles. The van der Waals surface area contributed by atoms with Crippen LogP contribution in [0.3, 0.4) is 0 Å². The Bertz CT molecular complexity index is 414. The lowest BCUT2D eigenvalue weighted by molar-refractivity contribution is -0.138. The Labute approximate surface area is 104 Å². The molecule has 0 bridgehead atoms. The number of methoxy groups -OCH3 is 1. The fourth-order valence-electron chi connectivity index (χ4n) is 2.04. The Hall–Kier alpha value is -1.43. The summed E-state index contributed by atoms with van der Waals surface area (Å²) in [6.07, 6.45) is -4.39. The summed E-state index contributed by atoms with van der Waals surface area (Å²) < 4.78 is 43.4. The molecule has 1 aromatic carbocycles. The van der Waals surface area contributed by atoms with Gasteiger partial charge in [0.1, 0.15) is 5.75 Å². The number of anilines is 1. The summed E-state index contributed by atoms with van der Waals surface area (Å²) in [5, 5.41) is 3.16. The SMILES string of the molecule is COc1ccc(N2CCNCC2)cc1C(F)(F)F. The van der Waals surface area contributed by atoms with Gasteiger partial charge in [-0.3, -0.25) is 0 Å². The van der Waals surface area contributed by atoms with E-state index in [-0.39, 0.29) is 5.75 Å². The quantitative estimate of drug-likeness (QED) is 0.881. The number of halogens is 3. The highest BCUT2D eigenvalue weighted by Crippen LogP contribution is 2.38. The minimum atomic E-state index is -4.39. The molecule has 0 spiro atoms. The molecule has 0 radical (unpaired) electrons. The number of rotatable bonds is 2. The summed E-state index contributed by atoms with van der Waals surface area (Å²) in [4.78, 5) is 1.94. The first-order valence-electron chi connectivity index (χ1n) is 5.73. The van der Waals surface area contributed by atoms with Crippen molar-refractivity contribution in [2.45, 2.75) is 6.18 Å². The van der Waals surface area contributed by atoms with E-state index < -0.39 is 11.7 Å². The van der Waals surface area contributed by atoms with Crippen molar-refractivity contribution in [1.82, 2.24) is 5.32 Å². The maximum atomic E-state index is 12.9. The molecule has 100 valence electrons. The van der Waals surface area contributed by atoms with Crippen LogP contribution in [0.25, 0.3) is 0 Å². The van der Waals surface area contributed by atoms with E-state index in [1.807, 2.05) is 4.90 Å². The van der Waals surface area contributed by atoms with Crippen molar-refractivity contribution in [1.29, 1.82) is 0 Å². The summed E-state index contributed by atoms with van der Waals surface area (Å²) >= 11 is 0. The molecule has 0 saturated carbocycles. The maximum absolute atomic E-state index is 12.9. The van der Waals surface area contributed by atoms with Crippen LogP contribution in [-0.2, 0) is 6.18 Å². The molecule has 1 N–H and O–H groups in total. The van der Waals surface area contributed by atoms with Crippen molar-refractivity contribution >= 4 is 5.69 Å². The molecule has 1 heterocycles. The smallest absolute Gasteiger partial charge is 0.420 e. The van der Waals surface area contributed by atoms with Crippen LogP contribution >= 0.6 is 0 Å². The van der Waals surface area contributed by atoms with Gasteiger partial charge < -0.3 is 15.0 Å². The molecule has 1 aromatic rings. The molecular formula is C12H15F3N2O. The van der Waals surface area contributed by atoms with E-state index in [9.17, 15) is 13.2 Å². The van der Waals surface area contributed by atoms with E-state index in [0.717, 1.165) is 19.2 Å². The lowest BCUT2D eigenvalue weighted by Gasteiger charge is -2.30. The molecule has 1 fully saturated rings. The number of alkyl halides is 3. The van der Waals surface area contributed by atoms with E-state index in [1.165, 1.54) is 13.2 Å². The molecule has 1 saturated heterocycles. The first-order valence-corrected chi connectivity index (χ1v) is 5.73. The maximum Gasteiger partial charge on any atom is 0.420 e. The second-order valence-corrected chi connectivity index (χ2v) is 4.12. The number of piperazine rings is 1. The predicted molar refractivity (Wildman–Crippen MR) is 63.1 cm³/mol. The summed E-state index contributed by atoms with van der Waals surface area (Å²) in [6.45, 7) is 2.99. The molecule has 3 nitrogen and oxygen atoms in total. The Morgan fingerprint density at radius 3 is 2.44 bits per heavy atom. The van der Waals surface area contributed by atoms with Crippen molar-refractivity contribution < 1.29 is 17.9 Å². The largest absolute Gasteiger partial charge is 0.496 e. The number of ether oxygens (including phenoxy) is 1. The number of benzene rings is 1.